The van der Waals surface area contributed by atoms with Crippen molar-refractivity contribution in [3.63, 3.8) is 0 Å². The lowest BCUT2D eigenvalue weighted by molar-refractivity contribution is -0.137. The Morgan fingerprint density at radius 3 is 2.05 bits per heavy atom. The summed E-state index contributed by atoms with van der Waals surface area (Å²) in [5.41, 5.74) is 5.50. The van der Waals surface area contributed by atoms with Gasteiger partial charge in [-0.05, 0) is 65.6 Å². The molecule has 0 aromatic heterocycles. The predicted octanol–water partition coefficient (Wildman–Crippen LogP) is 6.49. The molecule has 0 radical (unpaired) electrons. The van der Waals surface area contributed by atoms with Gasteiger partial charge in [-0.3, -0.25) is 19.2 Å². The molecule has 12 heteroatoms. The van der Waals surface area contributed by atoms with E-state index < -0.39 is 36.1 Å². The van der Waals surface area contributed by atoms with Gasteiger partial charge in [-0.1, -0.05) is 118 Å². The van der Waals surface area contributed by atoms with E-state index in [1.54, 1.807) is 12.1 Å². The summed E-state index contributed by atoms with van der Waals surface area (Å²) in [6.45, 7) is 7.68. The third-order valence-electron chi connectivity index (χ3n) is 10.1. The third kappa shape index (κ3) is 13.8. The van der Waals surface area contributed by atoms with Crippen LogP contribution in [0, 0.1) is 5.92 Å². The topological polar surface area (TPSA) is 146 Å². The van der Waals surface area contributed by atoms with Crippen LogP contribution in [0.15, 0.2) is 103 Å². The zero-order valence-electron chi connectivity index (χ0n) is 34.6. The second kappa shape index (κ2) is 22.8. The highest BCUT2D eigenvalue weighted by Crippen LogP contribution is 2.24. The number of benzene rings is 4. The maximum Gasteiger partial charge on any atom is 0.251 e. The molecule has 0 saturated carbocycles. The van der Waals surface area contributed by atoms with Crippen molar-refractivity contribution in [2.24, 2.45) is 5.92 Å². The molecular weight excluding hydrogens is 753 g/mol. The zero-order valence-corrected chi connectivity index (χ0v) is 35.4. The molecule has 5 atom stereocenters. The first kappa shape index (κ1) is 45.7. The quantitative estimate of drug-likeness (QED) is 0.0517. The Morgan fingerprint density at radius 1 is 0.793 bits per heavy atom. The van der Waals surface area contributed by atoms with E-state index in [1.165, 1.54) is 37.6 Å². The van der Waals surface area contributed by atoms with Crippen LogP contribution in [0.3, 0.4) is 0 Å². The van der Waals surface area contributed by atoms with Crippen LogP contribution in [0.2, 0.25) is 0 Å². The van der Waals surface area contributed by atoms with Crippen molar-refractivity contribution < 1.29 is 33.8 Å². The highest BCUT2D eigenvalue weighted by molar-refractivity contribution is 7.99. The molecule has 0 aliphatic heterocycles. The normalized spacial score (nSPS) is 13.8. The largest absolute Gasteiger partial charge is 0.391 e. The molecule has 4 aromatic carbocycles. The summed E-state index contributed by atoms with van der Waals surface area (Å²) >= 11 is 1.42. The number of aliphatic hydroxyl groups excluding tert-OH is 1. The fourth-order valence-electron chi connectivity index (χ4n) is 6.48. The zero-order chi connectivity index (χ0) is 42.2. The number of Topliss-reactive ketones (excluding diaryl/α,β-unsaturated/α-hetero) is 1. The van der Waals surface area contributed by atoms with Crippen molar-refractivity contribution in [1.29, 1.82) is 0 Å². The highest BCUT2D eigenvalue weighted by Gasteiger charge is 2.32. The maximum absolute atomic E-state index is 13.9. The molecule has 310 valence electrons. The van der Waals surface area contributed by atoms with Gasteiger partial charge in [-0.25, -0.2) is 0 Å². The van der Waals surface area contributed by atoms with Gasteiger partial charge in [0, 0.05) is 50.2 Å². The van der Waals surface area contributed by atoms with Crippen LogP contribution >= 0.6 is 11.9 Å². The average molecular weight is 811 g/mol. The number of aliphatic hydroxyl groups is 1. The van der Waals surface area contributed by atoms with Crippen LogP contribution in [0.4, 0.5) is 5.69 Å². The van der Waals surface area contributed by atoms with E-state index in [1.807, 2.05) is 92.1 Å². The Labute approximate surface area is 347 Å². The molecule has 0 aliphatic carbocycles. The summed E-state index contributed by atoms with van der Waals surface area (Å²) in [4.78, 5) is 53.1. The van der Waals surface area contributed by atoms with Gasteiger partial charge in [-0.15, -0.1) is 0 Å². The molecule has 0 bridgehead atoms. The van der Waals surface area contributed by atoms with Crippen LogP contribution in [0.1, 0.15) is 83.0 Å². The summed E-state index contributed by atoms with van der Waals surface area (Å²) < 4.78 is 13.6. The lowest BCUT2D eigenvalue weighted by Crippen LogP contribution is -2.54. The second-order valence-electron chi connectivity index (χ2n) is 14.9. The number of anilines is 1. The smallest absolute Gasteiger partial charge is 0.251 e. The van der Waals surface area contributed by atoms with Crippen LogP contribution in [0.25, 0.3) is 0 Å². The molecule has 3 amide bonds. The van der Waals surface area contributed by atoms with Crippen LogP contribution < -0.4 is 20.3 Å². The molecule has 58 heavy (non-hydrogen) atoms. The summed E-state index contributed by atoms with van der Waals surface area (Å²) in [5, 5.41) is 20.3. The van der Waals surface area contributed by atoms with Crippen LogP contribution in [-0.2, 0) is 38.6 Å². The van der Waals surface area contributed by atoms with Crippen molar-refractivity contribution in [1.82, 2.24) is 16.0 Å². The van der Waals surface area contributed by atoms with Gasteiger partial charge in [0.15, 0.2) is 5.78 Å². The first-order valence-electron chi connectivity index (χ1n) is 19.6. The maximum atomic E-state index is 13.9. The van der Waals surface area contributed by atoms with Crippen molar-refractivity contribution in [3.05, 3.63) is 137 Å². The highest BCUT2D eigenvalue weighted by atomic mass is 32.2. The number of carbonyl (C=O) groups is 4. The Morgan fingerprint density at radius 2 is 1.43 bits per heavy atom. The van der Waals surface area contributed by atoms with Crippen molar-refractivity contribution >= 4 is 41.1 Å². The monoisotopic (exact) mass is 810 g/mol. The van der Waals surface area contributed by atoms with Gasteiger partial charge >= 0.3 is 0 Å². The van der Waals surface area contributed by atoms with E-state index in [9.17, 15) is 24.3 Å². The minimum absolute atomic E-state index is 0.102. The fraction of sp³-hybridized carbons (Fsp3) is 0.391. The number of nitrogens with one attached hydrogen (secondary N) is 3. The minimum atomic E-state index is -1.31. The second-order valence-corrected chi connectivity index (χ2v) is 15.8. The lowest BCUT2D eigenvalue weighted by Gasteiger charge is -2.28. The average Bonchev–Trinajstić information content (AvgIpc) is 3.23. The standard InChI is InChI=1S/C46H58N4O7S/c1-30(2)43(46(55)47-27-34-17-12-9-13-18-34)49-45(54)42(56-6)26-41(52)40(48-44(53)38-23-37(32(4)51)24-39(25-38)50(5)58-7)29-57-28-35-19-14-20-36(22-35)31(3)21-33-15-10-8-11-16-33/h8-20,22-25,30-31,40-43,52H,21,26-29H2,1-7H3,(H,47,55)(H,48,53)(H,49,54)/t31?,40-,41?,42?,43-/m0/s1. The third-order valence-corrected chi connectivity index (χ3v) is 10.8. The molecule has 3 unspecified atom stereocenters. The van der Waals surface area contributed by atoms with Gasteiger partial charge < -0.3 is 34.8 Å². The molecule has 4 N–H and O–H groups in total. The number of amides is 3. The number of ether oxygens (including phenoxy) is 2. The number of hydrogen-bond donors (Lipinski definition) is 4. The van der Waals surface area contributed by atoms with Gasteiger partial charge in [0.25, 0.3) is 5.91 Å². The molecule has 4 aromatic rings. The fourth-order valence-corrected chi connectivity index (χ4v) is 6.80. The summed E-state index contributed by atoms with van der Waals surface area (Å²) in [7, 11) is 3.18. The first-order valence-corrected chi connectivity index (χ1v) is 20.8. The number of carbonyl (C=O) groups excluding carboxylic acids is 4. The number of ketones is 1. The Hall–Kier alpha value is -5.01. The van der Waals surface area contributed by atoms with Crippen molar-refractivity contribution in [2.45, 2.75) is 83.9 Å². The molecule has 0 saturated heterocycles. The van der Waals surface area contributed by atoms with Crippen LogP contribution in [0.5, 0.6) is 0 Å². The lowest BCUT2D eigenvalue weighted by atomic mass is 9.93. The molecule has 0 heterocycles. The molecule has 0 fully saturated rings. The van der Waals surface area contributed by atoms with E-state index in [0.717, 1.165) is 23.1 Å². The van der Waals surface area contributed by atoms with Gasteiger partial charge in [-0.2, -0.15) is 0 Å². The SMILES string of the molecule is COC(CC(O)[C@H](COCc1cccc(C(C)Cc2ccccc2)c1)NC(=O)c1cc(C(C)=O)cc(N(C)SC)c1)C(=O)N[C@H](C(=O)NCc1ccccc1)C(C)C. The first-order chi connectivity index (χ1) is 27.8. The van der Waals surface area contributed by atoms with Crippen molar-refractivity contribution in [3.8, 4) is 0 Å². The number of hydrogen-bond acceptors (Lipinski definition) is 9. The van der Waals surface area contributed by atoms with E-state index in [4.69, 9.17) is 9.47 Å². The summed E-state index contributed by atoms with van der Waals surface area (Å²) in [6.07, 6.45) is 0.0729. The summed E-state index contributed by atoms with van der Waals surface area (Å²) in [6, 6.07) is 31.0. The van der Waals surface area contributed by atoms with E-state index in [0.29, 0.717) is 17.8 Å². The van der Waals surface area contributed by atoms with Gasteiger partial charge in [0.2, 0.25) is 11.8 Å². The molecule has 11 nitrogen and oxygen atoms in total. The molecular formula is C46H58N4O7S. The van der Waals surface area contributed by atoms with Gasteiger partial charge in [0.05, 0.1) is 25.4 Å². The number of methoxy groups -OCH3 is 1. The van der Waals surface area contributed by atoms with Crippen LogP contribution in [-0.4, -0.2) is 79.9 Å². The summed E-state index contributed by atoms with van der Waals surface area (Å²) in [5.74, 6) is -1.65. The Kier molecular flexibility index (Phi) is 18.0. The number of rotatable bonds is 22. The Bertz CT molecular complexity index is 1950. The minimum Gasteiger partial charge on any atom is -0.391 e. The van der Waals surface area contributed by atoms with E-state index in [-0.39, 0.29) is 48.7 Å². The van der Waals surface area contributed by atoms with E-state index in [2.05, 4.69) is 47.1 Å². The van der Waals surface area contributed by atoms with Gasteiger partial charge in [0.1, 0.15) is 12.1 Å². The van der Waals surface area contributed by atoms with E-state index >= 15 is 0 Å². The number of nitrogens with zero attached hydrogens (tertiary/aromatic N) is 1. The van der Waals surface area contributed by atoms with Crippen molar-refractivity contribution in [2.75, 3.05) is 31.3 Å². The molecule has 0 aliphatic rings. The molecule has 0 spiro atoms. The molecule has 4 rings (SSSR count). The Balaban J connectivity index is 1.50. The predicted molar refractivity (Wildman–Crippen MR) is 231 cm³/mol.